The van der Waals surface area contributed by atoms with Crippen LogP contribution in [0, 0.1) is 5.41 Å². The van der Waals surface area contributed by atoms with E-state index in [2.05, 4.69) is 15.6 Å². The van der Waals surface area contributed by atoms with Crippen LogP contribution in [0.5, 0.6) is 0 Å². The summed E-state index contributed by atoms with van der Waals surface area (Å²) in [5, 5.41) is 21.4. The second-order valence-electron chi connectivity index (χ2n) is 5.87. The van der Waals surface area contributed by atoms with Gasteiger partial charge in [0.2, 0.25) is 0 Å². The lowest BCUT2D eigenvalue weighted by Crippen LogP contribution is -2.28. The molecule has 1 aromatic heterocycles. The number of aliphatic carboxylic acids is 1. The molecule has 0 bridgehead atoms. The molecule has 0 radical (unpaired) electrons. The summed E-state index contributed by atoms with van der Waals surface area (Å²) in [4.78, 5) is 11.0. The quantitative estimate of drug-likeness (QED) is 0.744. The number of carboxylic acids is 1. The van der Waals surface area contributed by atoms with Gasteiger partial charge in [0.1, 0.15) is 0 Å². The van der Waals surface area contributed by atoms with Crippen molar-refractivity contribution >= 4 is 29.2 Å². The Balaban J connectivity index is 1.92. The summed E-state index contributed by atoms with van der Waals surface area (Å²) in [6.07, 6.45) is 2.30. The van der Waals surface area contributed by atoms with E-state index in [1.54, 1.807) is 42.9 Å². The zero-order chi connectivity index (χ0) is 17.0. The van der Waals surface area contributed by atoms with Gasteiger partial charge in [-0.2, -0.15) is 0 Å². The number of rotatable bonds is 7. The lowest BCUT2D eigenvalue weighted by molar-refractivity contribution is -0.147. The minimum absolute atomic E-state index is 0.491. The maximum atomic E-state index is 11.0. The Morgan fingerprint density at radius 1 is 1.39 bits per heavy atom. The highest BCUT2D eigenvalue weighted by molar-refractivity contribution is 6.35. The summed E-state index contributed by atoms with van der Waals surface area (Å²) in [6.45, 7) is 4.49. The Bertz CT molecular complexity index is 701. The van der Waals surface area contributed by atoms with Gasteiger partial charge >= 0.3 is 5.97 Å². The summed E-state index contributed by atoms with van der Waals surface area (Å²) in [5.74, 6) is -0.803. The molecule has 1 heterocycles. The van der Waals surface area contributed by atoms with Gasteiger partial charge in [-0.3, -0.25) is 4.79 Å². The van der Waals surface area contributed by atoms with E-state index in [0.29, 0.717) is 35.2 Å². The van der Waals surface area contributed by atoms with Crippen molar-refractivity contribution in [2.45, 2.75) is 26.8 Å². The van der Waals surface area contributed by atoms with Gasteiger partial charge < -0.3 is 10.4 Å². The first-order chi connectivity index (χ1) is 10.8. The van der Waals surface area contributed by atoms with Crippen molar-refractivity contribution in [3.8, 4) is 5.69 Å². The van der Waals surface area contributed by atoms with E-state index >= 15 is 0 Å². The van der Waals surface area contributed by atoms with Gasteiger partial charge in [-0.25, -0.2) is 4.68 Å². The fourth-order valence-electron chi connectivity index (χ4n) is 1.89. The summed E-state index contributed by atoms with van der Waals surface area (Å²) >= 11 is 12.0. The third-order valence-electron chi connectivity index (χ3n) is 3.51. The lowest BCUT2D eigenvalue weighted by Gasteiger charge is -2.18. The van der Waals surface area contributed by atoms with Crippen LogP contribution in [0.15, 0.2) is 24.4 Å². The first-order valence-corrected chi connectivity index (χ1v) is 7.86. The van der Waals surface area contributed by atoms with Crippen molar-refractivity contribution in [2.24, 2.45) is 5.41 Å². The Hall–Kier alpha value is -1.63. The smallest absolute Gasteiger partial charge is 0.309 e. The monoisotopic (exact) mass is 356 g/mol. The van der Waals surface area contributed by atoms with Crippen molar-refractivity contribution in [1.82, 2.24) is 20.3 Å². The van der Waals surface area contributed by atoms with Gasteiger partial charge in [0.05, 0.1) is 28.0 Å². The highest BCUT2D eigenvalue weighted by atomic mass is 35.5. The van der Waals surface area contributed by atoms with Gasteiger partial charge in [0, 0.05) is 11.6 Å². The van der Waals surface area contributed by atoms with Gasteiger partial charge in [0.25, 0.3) is 0 Å². The summed E-state index contributed by atoms with van der Waals surface area (Å²) < 4.78 is 1.58. The van der Waals surface area contributed by atoms with E-state index < -0.39 is 11.4 Å². The van der Waals surface area contributed by atoms with E-state index in [1.165, 1.54) is 0 Å². The zero-order valence-electron chi connectivity index (χ0n) is 12.9. The molecule has 0 aliphatic heterocycles. The maximum absolute atomic E-state index is 11.0. The molecular weight excluding hydrogens is 339 g/mol. The fraction of sp³-hybridized carbons (Fsp3) is 0.400. The van der Waals surface area contributed by atoms with Crippen molar-refractivity contribution < 1.29 is 9.90 Å². The Morgan fingerprint density at radius 2 is 2.13 bits per heavy atom. The van der Waals surface area contributed by atoms with Crippen LogP contribution in [0.25, 0.3) is 5.69 Å². The van der Waals surface area contributed by atoms with Crippen LogP contribution >= 0.6 is 23.2 Å². The summed E-state index contributed by atoms with van der Waals surface area (Å²) in [6, 6.07) is 5.15. The molecule has 23 heavy (non-hydrogen) atoms. The van der Waals surface area contributed by atoms with Crippen LogP contribution in [0.2, 0.25) is 10.0 Å². The predicted octanol–water partition coefficient (Wildman–Crippen LogP) is 3.16. The minimum Gasteiger partial charge on any atom is -0.481 e. The Kier molecular flexibility index (Phi) is 5.62. The molecule has 2 aromatic rings. The minimum atomic E-state index is -0.803. The molecule has 0 saturated carbocycles. The molecule has 0 aliphatic carbocycles. The number of aromatic nitrogens is 3. The second-order valence-corrected chi connectivity index (χ2v) is 6.71. The van der Waals surface area contributed by atoms with E-state index in [-0.39, 0.29) is 0 Å². The Labute approximate surface area is 144 Å². The predicted molar refractivity (Wildman–Crippen MR) is 89.1 cm³/mol. The number of carbonyl (C=O) groups is 1. The number of benzene rings is 1. The van der Waals surface area contributed by atoms with Crippen molar-refractivity contribution in [3.63, 3.8) is 0 Å². The number of hydrogen-bond donors (Lipinski definition) is 2. The average molecular weight is 357 g/mol. The van der Waals surface area contributed by atoms with Crippen LogP contribution in [-0.2, 0) is 11.3 Å². The molecule has 0 saturated heterocycles. The van der Waals surface area contributed by atoms with Gasteiger partial charge in [-0.1, -0.05) is 28.4 Å². The highest BCUT2D eigenvalue weighted by Gasteiger charge is 2.26. The van der Waals surface area contributed by atoms with Crippen LogP contribution < -0.4 is 5.32 Å². The van der Waals surface area contributed by atoms with Gasteiger partial charge in [-0.05, 0) is 45.0 Å². The molecule has 0 amide bonds. The zero-order valence-corrected chi connectivity index (χ0v) is 14.4. The van der Waals surface area contributed by atoms with E-state index in [0.717, 1.165) is 5.69 Å². The lowest BCUT2D eigenvalue weighted by atomic mass is 9.90. The van der Waals surface area contributed by atoms with Gasteiger partial charge in [-0.15, -0.1) is 5.10 Å². The normalized spacial score (nSPS) is 11.7. The largest absolute Gasteiger partial charge is 0.481 e. The Morgan fingerprint density at radius 3 is 2.78 bits per heavy atom. The van der Waals surface area contributed by atoms with Gasteiger partial charge in [0.15, 0.2) is 0 Å². The fourth-order valence-corrected chi connectivity index (χ4v) is 2.38. The van der Waals surface area contributed by atoms with Crippen LogP contribution in [-0.4, -0.2) is 32.6 Å². The first-order valence-electron chi connectivity index (χ1n) is 7.10. The first kappa shape index (κ1) is 17.7. The molecule has 2 rings (SSSR count). The molecule has 0 atom stereocenters. The second kappa shape index (κ2) is 7.29. The average Bonchev–Trinajstić information content (AvgIpc) is 2.92. The summed E-state index contributed by atoms with van der Waals surface area (Å²) in [7, 11) is 0. The standard InChI is InChI=1S/C15H18Cl2N4O2/c1-15(2,14(22)23)5-6-18-8-11-9-21(20-19-11)13-4-3-10(16)7-12(13)17/h3-4,7,9,18H,5-6,8H2,1-2H3,(H,22,23). The van der Waals surface area contributed by atoms with Crippen LogP contribution in [0.3, 0.4) is 0 Å². The molecule has 2 N–H and O–H groups in total. The molecule has 6 nitrogen and oxygen atoms in total. The SMILES string of the molecule is CC(C)(CCNCc1cn(-c2ccc(Cl)cc2Cl)nn1)C(=O)O. The maximum Gasteiger partial charge on any atom is 0.309 e. The molecule has 0 spiro atoms. The topological polar surface area (TPSA) is 80.0 Å². The molecule has 0 aliphatic rings. The molecule has 124 valence electrons. The van der Waals surface area contributed by atoms with E-state index in [9.17, 15) is 4.79 Å². The number of nitrogens with one attached hydrogen (secondary N) is 1. The third-order valence-corrected chi connectivity index (χ3v) is 4.05. The van der Waals surface area contributed by atoms with E-state index in [4.69, 9.17) is 28.3 Å². The molecule has 0 fully saturated rings. The summed E-state index contributed by atoms with van der Waals surface area (Å²) in [5.41, 5.74) is 0.688. The van der Waals surface area contributed by atoms with Crippen molar-refractivity contribution in [3.05, 3.63) is 40.1 Å². The van der Waals surface area contributed by atoms with Crippen LogP contribution in [0.4, 0.5) is 0 Å². The van der Waals surface area contributed by atoms with Crippen molar-refractivity contribution in [2.75, 3.05) is 6.54 Å². The molecular formula is C15H18Cl2N4O2. The molecule has 8 heteroatoms. The van der Waals surface area contributed by atoms with Crippen molar-refractivity contribution in [1.29, 1.82) is 0 Å². The number of hydrogen-bond acceptors (Lipinski definition) is 4. The number of nitrogens with zero attached hydrogens (tertiary/aromatic N) is 3. The highest BCUT2D eigenvalue weighted by Crippen LogP contribution is 2.23. The number of carboxylic acid groups (broad SMARTS) is 1. The number of halogens is 2. The van der Waals surface area contributed by atoms with E-state index in [1.807, 2.05) is 0 Å². The molecule has 0 unspecified atom stereocenters. The van der Waals surface area contributed by atoms with Crippen LogP contribution in [0.1, 0.15) is 26.0 Å². The third kappa shape index (κ3) is 4.67. The molecule has 1 aromatic carbocycles.